The van der Waals surface area contributed by atoms with Gasteiger partial charge in [0.15, 0.2) is 0 Å². The maximum atomic E-state index is 12.5. The minimum atomic E-state index is -4.36. The second-order valence-corrected chi connectivity index (χ2v) is 4.33. The molecule has 0 fully saturated rings. The topological polar surface area (TPSA) is 42.7 Å². The zero-order valence-electron chi connectivity index (χ0n) is 9.91. The van der Waals surface area contributed by atoms with Crippen molar-refractivity contribution in [3.05, 3.63) is 35.8 Å². The second-order valence-electron chi connectivity index (χ2n) is 4.33. The number of alkyl halides is 3. The van der Waals surface area contributed by atoms with Gasteiger partial charge in [-0.2, -0.15) is 18.3 Å². The first kappa shape index (κ1) is 12.2. The van der Waals surface area contributed by atoms with E-state index in [1.54, 1.807) is 6.20 Å². The fourth-order valence-corrected chi connectivity index (χ4v) is 2.12. The summed E-state index contributed by atoms with van der Waals surface area (Å²) in [6.45, 7) is 2.25. The van der Waals surface area contributed by atoms with E-state index in [-0.39, 0.29) is 0 Å². The van der Waals surface area contributed by atoms with Crippen molar-refractivity contribution in [2.24, 2.45) is 0 Å². The lowest BCUT2D eigenvalue weighted by Crippen LogP contribution is -2.28. The van der Waals surface area contributed by atoms with Gasteiger partial charge >= 0.3 is 6.18 Å². The van der Waals surface area contributed by atoms with Crippen molar-refractivity contribution in [3.8, 4) is 11.3 Å². The van der Waals surface area contributed by atoms with E-state index in [1.807, 2.05) is 4.68 Å². The van der Waals surface area contributed by atoms with E-state index in [0.29, 0.717) is 12.2 Å². The van der Waals surface area contributed by atoms with Crippen molar-refractivity contribution in [3.63, 3.8) is 0 Å². The highest BCUT2D eigenvalue weighted by Crippen LogP contribution is 2.30. The van der Waals surface area contributed by atoms with E-state index in [4.69, 9.17) is 0 Å². The fraction of sp³-hybridized carbons (Fsp3) is 0.333. The quantitative estimate of drug-likeness (QED) is 0.861. The summed E-state index contributed by atoms with van der Waals surface area (Å²) >= 11 is 0. The lowest BCUT2D eigenvalue weighted by molar-refractivity contribution is -0.137. The van der Waals surface area contributed by atoms with Crippen LogP contribution in [0.4, 0.5) is 13.2 Å². The average Bonchev–Trinajstić information content (AvgIpc) is 2.82. The van der Waals surface area contributed by atoms with E-state index in [0.717, 1.165) is 36.6 Å². The van der Waals surface area contributed by atoms with Crippen LogP contribution in [-0.2, 0) is 19.3 Å². The van der Waals surface area contributed by atoms with Gasteiger partial charge < -0.3 is 5.32 Å². The molecule has 4 nitrogen and oxygen atoms in total. The smallest absolute Gasteiger partial charge is 0.309 e. The van der Waals surface area contributed by atoms with Crippen LogP contribution in [-0.4, -0.2) is 21.3 Å². The number of rotatable bonds is 1. The molecule has 100 valence electrons. The van der Waals surface area contributed by atoms with Crippen LogP contribution >= 0.6 is 0 Å². The molecule has 19 heavy (non-hydrogen) atoms. The molecular weight excluding hydrogens is 257 g/mol. The first-order valence-corrected chi connectivity index (χ1v) is 5.85. The molecule has 1 N–H and O–H groups in total. The SMILES string of the molecule is FC(F)(F)c1ccc(-c2cnn3c2CNCC3)nc1. The van der Waals surface area contributed by atoms with Crippen molar-refractivity contribution < 1.29 is 13.2 Å². The molecule has 0 aromatic carbocycles. The number of hydrogen-bond acceptors (Lipinski definition) is 3. The number of nitrogens with one attached hydrogen (secondary N) is 1. The summed E-state index contributed by atoms with van der Waals surface area (Å²) in [6.07, 6.45) is -1.85. The maximum absolute atomic E-state index is 12.5. The third-order valence-electron chi connectivity index (χ3n) is 3.11. The molecule has 0 saturated carbocycles. The van der Waals surface area contributed by atoms with Crippen LogP contribution in [0.1, 0.15) is 11.3 Å². The van der Waals surface area contributed by atoms with E-state index < -0.39 is 11.7 Å². The largest absolute Gasteiger partial charge is 0.417 e. The molecule has 1 aliphatic heterocycles. The lowest BCUT2D eigenvalue weighted by atomic mass is 10.1. The van der Waals surface area contributed by atoms with Crippen LogP contribution in [0.5, 0.6) is 0 Å². The standard InChI is InChI=1S/C12H11F3N4/c13-12(14,15)8-1-2-10(17-5-8)9-6-18-19-4-3-16-7-11(9)19/h1-2,5-6,16H,3-4,7H2. The molecule has 2 aromatic rings. The molecule has 3 heterocycles. The Bertz CT molecular complexity index is 586. The molecule has 0 saturated heterocycles. The normalized spacial score (nSPS) is 15.3. The highest BCUT2D eigenvalue weighted by molar-refractivity contribution is 5.61. The number of fused-ring (bicyclic) bond motifs is 1. The molecule has 0 aliphatic carbocycles. The van der Waals surface area contributed by atoms with Crippen molar-refractivity contribution in [2.75, 3.05) is 6.54 Å². The Balaban J connectivity index is 1.97. The number of nitrogens with zero attached hydrogens (tertiary/aromatic N) is 3. The van der Waals surface area contributed by atoms with Gasteiger partial charge in [-0.25, -0.2) is 0 Å². The monoisotopic (exact) mass is 268 g/mol. The van der Waals surface area contributed by atoms with Gasteiger partial charge in [-0.3, -0.25) is 9.67 Å². The van der Waals surface area contributed by atoms with E-state index >= 15 is 0 Å². The van der Waals surface area contributed by atoms with Gasteiger partial charge in [0, 0.05) is 24.8 Å². The molecule has 0 radical (unpaired) electrons. The summed E-state index contributed by atoms with van der Waals surface area (Å²) in [6, 6.07) is 2.43. The number of hydrogen-bond donors (Lipinski definition) is 1. The molecule has 2 aromatic heterocycles. The van der Waals surface area contributed by atoms with Crippen molar-refractivity contribution in [1.82, 2.24) is 20.1 Å². The van der Waals surface area contributed by atoms with Gasteiger partial charge in [-0.05, 0) is 12.1 Å². The molecule has 0 amide bonds. The Morgan fingerprint density at radius 3 is 2.74 bits per heavy atom. The summed E-state index contributed by atoms with van der Waals surface area (Å²) < 4.78 is 39.3. The highest BCUT2D eigenvalue weighted by Gasteiger charge is 2.30. The third kappa shape index (κ3) is 2.21. The van der Waals surface area contributed by atoms with Crippen LogP contribution in [0.3, 0.4) is 0 Å². The highest BCUT2D eigenvalue weighted by atomic mass is 19.4. The van der Waals surface area contributed by atoms with Crippen molar-refractivity contribution in [1.29, 1.82) is 0 Å². The molecule has 0 spiro atoms. The van der Waals surface area contributed by atoms with Crippen molar-refractivity contribution in [2.45, 2.75) is 19.3 Å². The summed E-state index contributed by atoms with van der Waals surface area (Å²) in [5.74, 6) is 0. The summed E-state index contributed by atoms with van der Waals surface area (Å²) in [5, 5.41) is 7.42. The van der Waals surface area contributed by atoms with Gasteiger partial charge in [-0.15, -0.1) is 0 Å². The minimum Gasteiger partial charge on any atom is -0.309 e. The first-order chi connectivity index (χ1) is 9.05. The summed E-state index contributed by atoms with van der Waals surface area (Å²) in [4.78, 5) is 3.89. The molecule has 0 unspecified atom stereocenters. The van der Waals surface area contributed by atoms with E-state index in [9.17, 15) is 13.2 Å². The summed E-state index contributed by atoms with van der Waals surface area (Å²) in [5.41, 5.74) is 1.51. The molecule has 7 heteroatoms. The van der Waals surface area contributed by atoms with Crippen LogP contribution in [0.2, 0.25) is 0 Å². The fourth-order valence-electron chi connectivity index (χ4n) is 2.12. The Kier molecular flexibility index (Phi) is 2.78. The van der Waals surface area contributed by atoms with E-state index in [2.05, 4.69) is 15.4 Å². The van der Waals surface area contributed by atoms with E-state index in [1.165, 1.54) is 6.07 Å². The number of pyridine rings is 1. The molecule has 1 aliphatic rings. The molecule has 0 atom stereocenters. The van der Waals surface area contributed by atoms with Gasteiger partial charge in [-0.1, -0.05) is 0 Å². The maximum Gasteiger partial charge on any atom is 0.417 e. The minimum absolute atomic E-state index is 0.512. The lowest BCUT2D eigenvalue weighted by Gasteiger charge is -2.16. The molecular formula is C12H11F3N4. The van der Waals surface area contributed by atoms with Gasteiger partial charge in [0.25, 0.3) is 0 Å². The van der Waals surface area contributed by atoms with Gasteiger partial charge in [0.1, 0.15) is 0 Å². The Morgan fingerprint density at radius 2 is 2.05 bits per heavy atom. The van der Waals surface area contributed by atoms with Gasteiger partial charge in [0.2, 0.25) is 0 Å². The zero-order valence-corrected chi connectivity index (χ0v) is 9.91. The van der Waals surface area contributed by atoms with Crippen LogP contribution < -0.4 is 5.32 Å². The average molecular weight is 268 g/mol. The Labute approximate surface area is 107 Å². The predicted octanol–water partition coefficient (Wildman–Crippen LogP) is 2.07. The second kappa shape index (κ2) is 4.34. The van der Waals surface area contributed by atoms with Crippen LogP contribution in [0, 0.1) is 0 Å². The molecule has 0 bridgehead atoms. The van der Waals surface area contributed by atoms with Crippen LogP contribution in [0.25, 0.3) is 11.3 Å². The third-order valence-corrected chi connectivity index (χ3v) is 3.11. The zero-order chi connectivity index (χ0) is 13.5. The van der Waals surface area contributed by atoms with Crippen LogP contribution in [0.15, 0.2) is 24.5 Å². The van der Waals surface area contributed by atoms with Crippen molar-refractivity contribution >= 4 is 0 Å². The first-order valence-electron chi connectivity index (χ1n) is 5.85. The van der Waals surface area contributed by atoms with Gasteiger partial charge in [0.05, 0.1) is 29.7 Å². The Morgan fingerprint density at radius 1 is 1.21 bits per heavy atom. The number of halogens is 3. The summed E-state index contributed by atoms with van der Waals surface area (Å²) in [7, 11) is 0. The Hall–Kier alpha value is -1.89. The predicted molar refractivity (Wildman–Crippen MR) is 62.2 cm³/mol. The number of aromatic nitrogens is 3. The molecule has 3 rings (SSSR count).